The average molecular weight is 417 g/mol. The minimum atomic E-state index is 0. The van der Waals surface area contributed by atoms with Gasteiger partial charge >= 0.3 is 0 Å². The topological polar surface area (TPSA) is 45.7 Å². The van der Waals surface area contributed by atoms with Crippen LogP contribution in [0.15, 0.2) is 41.9 Å². The van der Waals surface area contributed by atoms with Gasteiger partial charge < -0.3 is 15.4 Å². The molecule has 0 saturated heterocycles. The fourth-order valence-electron chi connectivity index (χ4n) is 1.82. The van der Waals surface area contributed by atoms with Crippen molar-refractivity contribution in [1.29, 1.82) is 0 Å². The van der Waals surface area contributed by atoms with Crippen LogP contribution < -0.4 is 15.4 Å². The van der Waals surface area contributed by atoms with Crippen molar-refractivity contribution in [3.63, 3.8) is 0 Å². The second kappa shape index (κ2) is 13.4. The number of hydrogen-bond donors (Lipinski definition) is 2. The van der Waals surface area contributed by atoms with Crippen LogP contribution in [0.25, 0.3) is 0 Å². The third-order valence-corrected chi connectivity index (χ3v) is 2.80. The van der Waals surface area contributed by atoms with Crippen LogP contribution in [0.4, 0.5) is 0 Å². The normalized spacial score (nSPS) is 10.5. The van der Waals surface area contributed by atoms with E-state index < -0.39 is 0 Å². The standard InChI is InChI=1S/C17H27N3O.HI/c1-4-11-19-17(18-6-3)20-12-10-15-8-7-9-16(14-15)21-13-5-2;/h4,7-9,14H,1,5-6,10-13H2,2-3H3,(H2,18,19,20);1H. The molecule has 0 bridgehead atoms. The van der Waals surface area contributed by atoms with Gasteiger partial charge in [0.05, 0.1) is 6.61 Å². The highest BCUT2D eigenvalue weighted by molar-refractivity contribution is 14.0. The molecule has 0 unspecified atom stereocenters. The van der Waals surface area contributed by atoms with Gasteiger partial charge in [-0.1, -0.05) is 25.1 Å². The van der Waals surface area contributed by atoms with Crippen LogP contribution in [0.5, 0.6) is 5.75 Å². The third-order valence-electron chi connectivity index (χ3n) is 2.80. The molecule has 0 aliphatic carbocycles. The lowest BCUT2D eigenvalue weighted by molar-refractivity contribution is 0.317. The molecular weight excluding hydrogens is 389 g/mol. The molecule has 0 aliphatic heterocycles. The van der Waals surface area contributed by atoms with Gasteiger partial charge in [0.25, 0.3) is 0 Å². The predicted molar refractivity (Wildman–Crippen MR) is 106 cm³/mol. The molecule has 1 rings (SSSR count). The first-order chi connectivity index (χ1) is 10.3. The van der Waals surface area contributed by atoms with Gasteiger partial charge in [0.2, 0.25) is 0 Å². The molecule has 124 valence electrons. The Kier molecular flexibility index (Phi) is 12.7. The van der Waals surface area contributed by atoms with E-state index in [-0.39, 0.29) is 24.0 Å². The summed E-state index contributed by atoms with van der Waals surface area (Å²) in [4.78, 5) is 4.54. The van der Waals surface area contributed by atoms with Gasteiger partial charge in [-0.05, 0) is 37.5 Å². The summed E-state index contributed by atoms with van der Waals surface area (Å²) >= 11 is 0. The lowest BCUT2D eigenvalue weighted by atomic mass is 10.1. The van der Waals surface area contributed by atoms with Crippen LogP contribution in [0.2, 0.25) is 0 Å². The molecule has 1 aromatic carbocycles. The maximum atomic E-state index is 5.64. The summed E-state index contributed by atoms with van der Waals surface area (Å²) in [6.07, 6.45) is 3.74. The van der Waals surface area contributed by atoms with Crippen LogP contribution in [0.1, 0.15) is 25.8 Å². The number of halogens is 1. The molecule has 5 heteroatoms. The summed E-state index contributed by atoms with van der Waals surface area (Å²) in [5, 5.41) is 6.40. The van der Waals surface area contributed by atoms with Crippen molar-refractivity contribution in [2.24, 2.45) is 4.99 Å². The Morgan fingerprint density at radius 1 is 1.32 bits per heavy atom. The van der Waals surface area contributed by atoms with Gasteiger partial charge in [0.15, 0.2) is 5.96 Å². The minimum Gasteiger partial charge on any atom is -0.494 e. The summed E-state index contributed by atoms with van der Waals surface area (Å²) in [6, 6.07) is 8.23. The van der Waals surface area contributed by atoms with Gasteiger partial charge in [-0.3, -0.25) is 4.99 Å². The molecule has 0 heterocycles. The molecule has 0 atom stereocenters. The van der Waals surface area contributed by atoms with E-state index in [1.54, 1.807) is 0 Å². The number of hydrogen-bond acceptors (Lipinski definition) is 2. The van der Waals surface area contributed by atoms with Crippen LogP contribution in [0.3, 0.4) is 0 Å². The first-order valence-electron chi connectivity index (χ1n) is 7.65. The quantitative estimate of drug-likeness (QED) is 0.280. The van der Waals surface area contributed by atoms with Crippen molar-refractivity contribution in [2.45, 2.75) is 26.7 Å². The Morgan fingerprint density at radius 2 is 2.14 bits per heavy atom. The summed E-state index contributed by atoms with van der Waals surface area (Å²) in [7, 11) is 0. The number of nitrogens with one attached hydrogen (secondary N) is 2. The van der Waals surface area contributed by atoms with Crippen LogP contribution in [-0.4, -0.2) is 32.2 Å². The first kappa shape index (κ1) is 20.8. The molecule has 0 radical (unpaired) electrons. The second-order valence-electron chi connectivity index (χ2n) is 4.68. The Labute approximate surface area is 151 Å². The Bertz CT molecular complexity index is 449. The van der Waals surface area contributed by atoms with Gasteiger partial charge in [0, 0.05) is 19.6 Å². The third kappa shape index (κ3) is 8.92. The fourth-order valence-corrected chi connectivity index (χ4v) is 1.82. The lowest BCUT2D eigenvalue weighted by Gasteiger charge is -2.09. The number of nitrogens with zero attached hydrogens (tertiary/aromatic N) is 1. The zero-order valence-corrected chi connectivity index (χ0v) is 15.9. The maximum absolute atomic E-state index is 5.64. The molecule has 0 aliphatic rings. The highest BCUT2D eigenvalue weighted by Crippen LogP contribution is 2.14. The Balaban J connectivity index is 0.00000441. The molecule has 22 heavy (non-hydrogen) atoms. The first-order valence-corrected chi connectivity index (χ1v) is 7.65. The molecular formula is C17H28IN3O. The predicted octanol–water partition coefficient (Wildman–Crippen LogP) is 3.38. The molecule has 0 fully saturated rings. The van der Waals surface area contributed by atoms with E-state index in [4.69, 9.17) is 4.74 Å². The summed E-state index contributed by atoms with van der Waals surface area (Å²) in [6.45, 7) is 10.9. The van der Waals surface area contributed by atoms with Crippen molar-refractivity contribution < 1.29 is 4.74 Å². The van der Waals surface area contributed by atoms with Crippen molar-refractivity contribution in [3.05, 3.63) is 42.5 Å². The summed E-state index contributed by atoms with van der Waals surface area (Å²) in [5.41, 5.74) is 1.24. The van der Waals surface area contributed by atoms with E-state index in [1.165, 1.54) is 5.56 Å². The van der Waals surface area contributed by atoms with Crippen molar-refractivity contribution >= 4 is 29.9 Å². The monoisotopic (exact) mass is 417 g/mol. The molecule has 2 N–H and O–H groups in total. The molecule has 4 nitrogen and oxygen atoms in total. The van der Waals surface area contributed by atoms with Gasteiger partial charge in [-0.25, -0.2) is 0 Å². The summed E-state index contributed by atoms with van der Waals surface area (Å²) in [5.74, 6) is 1.77. The van der Waals surface area contributed by atoms with Crippen LogP contribution >= 0.6 is 24.0 Å². The zero-order chi connectivity index (χ0) is 15.3. The van der Waals surface area contributed by atoms with Crippen LogP contribution in [0, 0.1) is 0 Å². The number of ether oxygens (including phenoxy) is 1. The number of aliphatic imine (C=N–C) groups is 1. The van der Waals surface area contributed by atoms with Crippen molar-refractivity contribution in [1.82, 2.24) is 10.6 Å². The SMILES string of the molecule is C=CCNC(=NCCc1cccc(OCCC)c1)NCC.I. The van der Waals surface area contributed by atoms with Gasteiger partial charge in [-0.15, -0.1) is 30.6 Å². The van der Waals surface area contributed by atoms with E-state index in [2.05, 4.69) is 48.2 Å². The largest absolute Gasteiger partial charge is 0.494 e. The van der Waals surface area contributed by atoms with Crippen molar-refractivity contribution in [2.75, 3.05) is 26.2 Å². The fraction of sp³-hybridized carbons (Fsp3) is 0.471. The van der Waals surface area contributed by atoms with Gasteiger partial charge in [-0.2, -0.15) is 0 Å². The second-order valence-corrected chi connectivity index (χ2v) is 4.68. The molecule has 1 aromatic rings. The highest BCUT2D eigenvalue weighted by atomic mass is 127. The number of guanidine groups is 1. The zero-order valence-electron chi connectivity index (χ0n) is 13.6. The van der Waals surface area contributed by atoms with E-state index in [1.807, 2.05) is 18.2 Å². The van der Waals surface area contributed by atoms with E-state index in [9.17, 15) is 0 Å². The molecule has 0 aromatic heterocycles. The minimum absolute atomic E-state index is 0. The molecule has 0 spiro atoms. The summed E-state index contributed by atoms with van der Waals surface area (Å²) < 4.78 is 5.64. The van der Waals surface area contributed by atoms with E-state index in [0.717, 1.165) is 44.2 Å². The average Bonchev–Trinajstić information content (AvgIpc) is 2.51. The van der Waals surface area contributed by atoms with Gasteiger partial charge in [0.1, 0.15) is 5.75 Å². The van der Waals surface area contributed by atoms with Crippen LogP contribution in [-0.2, 0) is 6.42 Å². The number of rotatable bonds is 9. The molecule has 0 amide bonds. The Morgan fingerprint density at radius 3 is 2.82 bits per heavy atom. The smallest absolute Gasteiger partial charge is 0.191 e. The lowest BCUT2D eigenvalue weighted by Crippen LogP contribution is -2.37. The van der Waals surface area contributed by atoms with Crippen molar-refractivity contribution in [3.8, 4) is 5.75 Å². The molecule has 0 saturated carbocycles. The number of benzene rings is 1. The van der Waals surface area contributed by atoms with E-state index in [0.29, 0.717) is 6.54 Å². The Hall–Kier alpha value is -1.24. The highest BCUT2D eigenvalue weighted by Gasteiger charge is 1.98. The maximum Gasteiger partial charge on any atom is 0.191 e. The van der Waals surface area contributed by atoms with E-state index >= 15 is 0 Å².